The molecule has 0 saturated carbocycles. The van der Waals surface area contributed by atoms with Crippen molar-refractivity contribution in [3.05, 3.63) is 0 Å². The van der Waals surface area contributed by atoms with E-state index in [0.717, 1.165) is 13.0 Å². The lowest BCUT2D eigenvalue weighted by atomic mass is 9.81. The van der Waals surface area contributed by atoms with Gasteiger partial charge in [0.2, 0.25) is 11.8 Å². The number of carbonyl (C=O) groups excluding carboxylic acids is 3. The summed E-state index contributed by atoms with van der Waals surface area (Å²) in [6.07, 6.45) is 1.91. The smallest absolute Gasteiger partial charge is 0.252 e. The lowest BCUT2D eigenvalue weighted by molar-refractivity contribution is -0.192. The highest BCUT2D eigenvalue weighted by atomic mass is 16.5. The third-order valence-electron chi connectivity index (χ3n) is 7.07. The molecule has 5 fully saturated rings. The Bertz CT molecular complexity index is 690. The van der Waals surface area contributed by atoms with E-state index in [1.54, 1.807) is 0 Å². The summed E-state index contributed by atoms with van der Waals surface area (Å²) in [5.74, 6) is -0.160. The molecule has 154 valence electrons. The second-order valence-corrected chi connectivity index (χ2v) is 8.82. The number of piperazine rings is 1. The minimum atomic E-state index is -0.699. The summed E-state index contributed by atoms with van der Waals surface area (Å²) in [4.78, 5) is 45.6. The molecule has 5 aliphatic rings. The number of fused-ring (bicyclic) bond motifs is 2. The number of imide groups is 1. The van der Waals surface area contributed by atoms with Gasteiger partial charge in [-0.25, -0.2) is 0 Å². The second-order valence-electron chi connectivity index (χ2n) is 8.82. The molecular weight excluding hydrogens is 364 g/mol. The minimum Gasteiger partial charge on any atom is -0.392 e. The quantitative estimate of drug-likeness (QED) is 0.555. The van der Waals surface area contributed by atoms with Crippen LogP contribution in [-0.2, 0) is 19.1 Å². The first kappa shape index (κ1) is 18.5. The van der Waals surface area contributed by atoms with E-state index in [0.29, 0.717) is 71.2 Å². The lowest BCUT2D eigenvalue weighted by Gasteiger charge is -2.61. The van der Waals surface area contributed by atoms with E-state index in [-0.39, 0.29) is 17.7 Å². The molecule has 28 heavy (non-hydrogen) atoms. The van der Waals surface area contributed by atoms with Gasteiger partial charge in [0.25, 0.3) is 5.91 Å². The van der Waals surface area contributed by atoms with E-state index in [2.05, 4.69) is 4.90 Å². The molecule has 9 nitrogen and oxygen atoms in total. The molecule has 5 heterocycles. The van der Waals surface area contributed by atoms with Crippen molar-refractivity contribution in [1.29, 1.82) is 0 Å². The number of nitrogens with zero attached hydrogens (tertiary/aromatic N) is 4. The number of carbonyl (C=O) groups is 3. The summed E-state index contributed by atoms with van der Waals surface area (Å²) >= 11 is 0. The van der Waals surface area contributed by atoms with E-state index >= 15 is 0 Å². The second kappa shape index (κ2) is 6.76. The van der Waals surface area contributed by atoms with Crippen molar-refractivity contribution in [3.8, 4) is 0 Å². The standard InChI is InChI=1S/C19H28N4O5/c24-14-7-15-17(26)22(6-2-5-20-4-1-3-16(20)25)18(27)19(23(15)8-14)11-21(12-19)13-9-28-10-13/h13-15,24H,1-12H2. The van der Waals surface area contributed by atoms with Gasteiger partial charge in [0.1, 0.15) is 5.54 Å². The maximum atomic E-state index is 13.4. The molecule has 2 atom stereocenters. The number of aliphatic hydroxyl groups excluding tert-OH is 1. The third-order valence-corrected chi connectivity index (χ3v) is 7.07. The van der Waals surface area contributed by atoms with Crippen LogP contribution in [0, 0.1) is 0 Å². The van der Waals surface area contributed by atoms with Crippen LogP contribution in [0.5, 0.6) is 0 Å². The largest absolute Gasteiger partial charge is 0.392 e. The molecule has 9 heteroatoms. The Morgan fingerprint density at radius 1 is 1.14 bits per heavy atom. The highest BCUT2D eigenvalue weighted by Crippen LogP contribution is 2.41. The summed E-state index contributed by atoms with van der Waals surface area (Å²) in [6.45, 7) is 4.67. The van der Waals surface area contributed by atoms with Gasteiger partial charge in [0.15, 0.2) is 0 Å². The van der Waals surface area contributed by atoms with Crippen molar-refractivity contribution in [3.63, 3.8) is 0 Å². The van der Waals surface area contributed by atoms with Crippen molar-refractivity contribution < 1.29 is 24.2 Å². The SMILES string of the molecule is O=C1CCCN1CCCN1C(=O)C2CC(O)CN2C2(CN(C3COC3)C2)C1=O. The molecule has 2 unspecified atom stereocenters. The van der Waals surface area contributed by atoms with Gasteiger partial charge < -0.3 is 14.7 Å². The van der Waals surface area contributed by atoms with Gasteiger partial charge in [-0.2, -0.15) is 0 Å². The molecule has 1 N–H and O–H groups in total. The number of hydrogen-bond acceptors (Lipinski definition) is 7. The van der Waals surface area contributed by atoms with Crippen molar-refractivity contribution in [2.45, 2.75) is 49.4 Å². The van der Waals surface area contributed by atoms with E-state index in [1.165, 1.54) is 4.90 Å². The molecule has 5 rings (SSSR count). The Labute approximate surface area is 164 Å². The van der Waals surface area contributed by atoms with Crippen LogP contribution in [0.2, 0.25) is 0 Å². The fourth-order valence-corrected chi connectivity index (χ4v) is 5.38. The molecule has 0 bridgehead atoms. The predicted octanol–water partition coefficient (Wildman–Crippen LogP) is -1.74. The maximum Gasteiger partial charge on any atom is 0.252 e. The Morgan fingerprint density at radius 3 is 2.57 bits per heavy atom. The van der Waals surface area contributed by atoms with Crippen molar-refractivity contribution in [2.24, 2.45) is 0 Å². The van der Waals surface area contributed by atoms with Crippen molar-refractivity contribution in [1.82, 2.24) is 19.6 Å². The van der Waals surface area contributed by atoms with Crippen LogP contribution < -0.4 is 0 Å². The normalized spacial score (nSPS) is 33.5. The number of amides is 3. The fraction of sp³-hybridized carbons (Fsp3) is 0.842. The average molecular weight is 392 g/mol. The molecule has 5 saturated heterocycles. The zero-order chi connectivity index (χ0) is 19.5. The Balaban J connectivity index is 1.29. The van der Waals surface area contributed by atoms with Crippen molar-refractivity contribution in [2.75, 3.05) is 52.5 Å². The molecular formula is C19H28N4O5. The number of hydrogen-bond donors (Lipinski definition) is 1. The van der Waals surface area contributed by atoms with Gasteiger partial charge in [-0.3, -0.25) is 29.1 Å². The van der Waals surface area contributed by atoms with Crippen LogP contribution in [0.4, 0.5) is 0 Å². The Kier molecular flexibility index (Phi) is 4.46. The summed E-state index contributed by atoms with van der Waals surface area (Å²) in [5.41, 5.74) is -0.699. The van der Waals surface area contributed by atoms with Crippen LogP contribution in [0.1, 0.15) is 25.7 Å². The summed E-state index contributed by atoms with van der Waals surface area (Å²) in [7, 11) is 0. The monoisotopic (exact) mass is 392 g/mol. The van der Waals surface area contributed by atoms with E-state index < -0.39 is 17.7 Å². The Hall–Kier alpha value is -1.55. The van der Waals surface area contributed by atoms with E-state index in [4.69, 9.17) is 4.74 Å². The van der Waals surface area contributed by atoms with Gasteiger partial charge in [-0.05, 0) is 19.3 Å². The molecule has 0 aromatic carbocycles. The first-order valence-electron chi connectivity index (χ1n) is 10.4. The Morgan fingerprint density at radius 2 is 1.93 bits per heavy atom. The first-order chi connectivity index (χ1) is 13.5. The highest BCUT2D eigenvalue weighted by molar-refractivity contribution is 6.06. The first-order valence-corrected chi connectivity index (χ1v) is 10.4. The van der Waals surface area contributed by atoms with Gasteiger partial charge in [0, 0.05) is 45.7 Å². The molecule has 0 radical (unpaired) electrons. The molecule has 0 aliphatic carbocycles. The van der Waals surface area contributed by atoms with E-state index in [9.17, 15) is 19.5 Å². The molecule has 0 aromatic rings. The molecule has 5 aliphatic heterocycles. The van der Waals surface area contributed by atoms with Crippen LogP contribution in [0.25, 0.3) is 0 Å². The average Bonchev–Trinajstić information content (AvgIpc) is 3.17. The molecule has 1 spiro atoms. The molecule has 3 amide bonds. The number of likely N-dealkylation sites (tertiary alicyclic amines) is 2. The highest BCUT2D eigenvalue weighted by Gasteiger charge is 2.65. The van der Waals surface area contributed by atoms with Crippen molar-refractivity contribution >= 4 is 17.7 Å². The topological polar surface area (TPSA) is 93.6 Å². The van der Waals surface area contributed by atoms with Gasteiger partial charge in [-0.1, -0.05) is 0 Å². The molecule has 0 aromatic heterocycles. The fourth-order valence-electron chi connectivity index (χ4n) is 5.38. The zero-order valence-electron chi connectivity index (χ0n) is 16.1. The summed E-state index contributed by atoms with van der Waals surface area (Å²) < 4.78 is 5.27. The minimum absolute atomic E-state index is 0.132. The predicted molar refractivity (Wildman–Crippen MR) is 97.2 cm³/mol. The lowest BCUT2D eigenvalue weighted by Crippen LogP contribution is -2.83. The summed E-state index contributed by atoms with van der Waals surface area (Å²) in [5, 5.41) is 10.2. The van der Waals surface area contributed by atoms with Crippen LogP contribution in [0.15, 0.2) is 0 Å². The number of rotatable bonds is 5. The zero-order valence-corrected chi connectivity index (χ0v) is 16.1. The van der Waals surface area contributed by atoms with Gasteiger partial charge >= 0.3 is 0 Å². The van der Waals surface area contributed by atoms with Crippen LogP contribution >= 0.6 is 0 Å². The maximum absolute atomic E-state index is 13.4. The van der Waals surface area contributed by atoms with Gasteiger partial charge in [-0.15, -0.1) is 0 Å². The number of aliphatic hydroxyl groups is 1. The third kappa shape index (κ3) is 2.71. The summed E-state index contributed by atoms with van der Waals surface area (Å²) in [6, 6.07) is -0.0578. The van der Waals surface area contributed by atoms with Gasteiger partial charge in [0.05, 0.1) is 31.4 Å². The number of β-amino-alcohol motifs (C(OH)–C–C–N with tert-alkyl or cyclic N) is 1. The van der Waals surface area contributed by atoms with Crippen LogP contribution in [0.3, 0.4) is 0 Å². The van der Waals surface area contributed by atoms with E-state index in [1.807, 2.05) is 9.80 Å². The van der Waals surface area contributed by atoms with Crippen LogP contribution in [-0.4, -0.2) is 119 Å². The number of ether oxygens (including phenoxy) is 1.